The Labute approximate surface area is 177 Å². The van der Waals surface area contributed by atoms with E-state index in [9.17, 15) is 9.59 Å². The summed E-state index contributed by atoms with van der Waals surface area (Å²) in [6, 6.07) is 9.01. The Hall–Kier alpha value is -3.20. The Morgan fingerprint density at radius 2 is 1.90 bits per heavy atom. The first-order valence-electron chi connectivity index (χ1n) is 9.81. The zero-order valence-electron chi connectivity index (χ0n) is 16.4. The Balaban J connectivity index is 1.29. The number of fused-ring (bicyclic) bond motifs is 2. The number of methoxy groups -OCH3 is 1. The molecule has 8 nitrogen and oxygen atoms in total. The van der Waals surface area contributed by atoms with Gasteiger partial charge in [-0.3, -0.25) is 9.59 Å². The van der Waals surface area contributed by atoms with E-state index in [0.29, 0.717) is 36.4 Å². The van der Waals surface area contributed by atoms with E-state index in [4.69, 9.17) is 4.74 Å². The highest BCUT2D eigenvalue weighted by Gasteiger charge is 2.40. The molecule has 9 heteroatoms. The highest BCUT2D eigenvalue weighted by Crippen LogP contribution is 2.33. The van der Waals surface area contributed by atoms with Gasteiger partial charge in [-0.05, 0) is 47.5 Å². The molecule has 2 aromatic heterocycles. The van der Waals surface area contributed by atoms with Gasteiger partial charge in [0.2, 0.25) is 5.82 Å². The quantitative estimate of drug-likeness (QED) is 0.697. The minimum atomic E-state index is -0.290. The van der Waals surface area contributed by atoms with Crippen LogP contribution in [0.3, 0.4) is 0 Å². The third kappa shape index (κ3) is 3.35. The normalized spacial score (nSPS) is 19.8. The fourth-order valence-corrected chi connectivity index (χ4v) is 4.92. The lowest BCUT2D eigenvalue weighted by Gasteiger charge is -2.25. The number of anilines is 1. The Morgan fingerprint density at radius 1 is 1.10 bits per heavy atom. The third-order valence-corrected chi connectivity index (χ3v) is 6.56. The predicted octanol–water partition coefficient (Wildman–Crippen LogP) is 2.55. The fraction of sp³-hybridized carbons (Fsp3) is 0.333. The van der Waals surface area contributed by atoms with Crippen molar-refractivity contribution < 1.29 is 14.3 Å². The second kappa shape index (κ2) is 7.56. The maximum atomic E-state index is 12.8. The molecule has 154 valence electrons. The largest absolute Gasteiger partial charge is 0.497 e. The minimum absolute atomic E-state index is 0.0823. The van der Waals surface area contributed by atoms with Gasteiger partial charge < -0.3 is 19.5 Å². The molecule has 0 spiro atoms. The van der Waals surface area contributed by atoms with E-state index in [0.717, 1.165) is 30.1 Å². The lowest BCUT2D eigenvalue weighted by atomic mass is 9.89. The van der Waals surface area contributed by atoms with Crippen LogP contribution >= 0.6 is 11.3 Å². The number of likely N-dealkylation sites (tertiary alicyclic amines) is 1. The first-order valence-corrected chi connectivity index (χ1v) is 10.8. The molecule has 0 radical (unpaired) electrons. The van der Waals surface area contributed by atoms with Gasteiger partial charge in [0.15, 0.2) is 0 Å². The third-order valence-electron chi connectivity index (χ3n) is 5.87. The van der Waals surface area contributed by atoms with Crippen LogP contribution in [0.4, 0.5) is 5.69 Å². The lowest BCUT2D eigenvalue weighted by molar-refractivity contribution is 0.0783. The molecule has 1 fully saturated rings. The zero-order valence-corrected chi connectivity index (χ0v) is 17.3. The number of hydrogen-bond acceptors (Lipinski definition) is 6. The van der Waals surface area contributed by atoms with E-state index >= 15 is 0 Å². The van der Waals surface area contributed by atoms with E-state index in [-0.39, 0.29) is 11.8 Å². The highest BCUT2D eigenvalue weighted by molar-refractivity contribution is 7.08. The summed E-state index contributed by atoms with van der Waals surface area (Å²) in [7, 11) is 1.60. The van der Waals surface area contributed by atoms with Crippen LogP contribution in [0, 0.1) is 11.8 Å². The van der Waals surface area contributed by atoms with Gasteiger partial charge in [-0.2, -0.15) is 11.3 Å². The van der Waals surface area contributed by atoms with Crippen LogP contribution in [0.5, 0.6) is 5.75 Å². The molecule has 5 rings (SSSR count). The van der Waals surface area contributed by atoms with E-state index in [1.165, 1.54) is 11.3 Å². The number of hydrogen-bond donors (Lipinski definition) is 1. The van der Waals surface area contributed by atoms with Gasteiger partial charge in [-0.15, -0.1) is 10.2 Å². The highest BCUT2D eigenvalue weighted by atomic mass is 32.1. The Kier molecular flexibility index (Phi) is 4.74. The summed E-state index contributed by atoms with van der Waals surface area (Å²) in [4.78, 5) is 27.4. The molecule has 2 aliphatic rings. The van der Waals surface area contributed by atoms with Gasteiger partial charge >= 0.3 is 0 Å². The minimum Gasteiger partial charge on any atom is -0.497 e. The average molecular weight is 423 g/mol. The van der Waals surface area contributed by atoms with Crippen molar-refractivity contribution in [3.05, 3.63) is 58.3 Å². The number of carbonyl (C=O) groups excluding carboxylic acids is 2. The maximum Gasteiger partial charge on any atom is 0.293 e. The average Bonchev–Trinajstić information content (AvgIpc) is 3.51. The molecule has 1 saturated heterocycles. The Bertz CT molecular complexity index is 1080. The van der Waals surface area contributed by atoms with Crippen molar-refractivity contribution in [3.63, 3.8) is 0 Å². The zero-order chi connectivity index (χ0) is 20.7. The van der Waals surface area contributed by atoms with Gasteiger partial charge in [0.25, 0.3) is 11.8 Å². The van der Waals surface area contributed by atoms with Crippen molar-refractivity contribution in [3.8, 4) is 5.75 Å². The summed E-state index contributed by atoms with van der Waals surface area (Å²) in [5.41, 5.74) is 1.41. The van der Waals surface area contributed by atoms with E-state index in [1.807, 2.05) is 26.3 Å². The number of carbonyl (C=O) groups is 2. The van der Waals surface area contributed by atoms with Crippen molar-refractivity contribution in [1.82, 2.24) is 19.7 Å². The SMILES string of the molecule is COc1ccc(NC(=O)c2nnc3n2C[C@H]2CN(C(=O)c4ccsc4)C[C@H]2C3)cc1. The monoisotopic (exact) mass is 423 g/mol. The number of nitrogens with one attached hydrogen (secondary N) is 1. The molecule has 4 heterocycles. The molecule has 0 saturated carbocycles. The molecule has 30 heavy (non-hydrogen) atoms. The van der Waals surface area contributed by atoms with E-state index < -0.39 is 0 Å². The van der Waals surface area contributed by atoms with Gasteiger partial charge in [0.1, 0.15) is 11.6 Å². The molecule has 2 aliphatic heterocycles. The number of rotatable bonds is 4. The van der Waals surface area contributed by atoms with E-state index in [1.54, 1.807) is 31.4 Å². The van der Waals surface area contributed by atoms with Crippen LogP contribution in [0.2, 0.25) is 0 Å². The number of thiophene rings is 1. The molecule has 0 aliphatic carbocycles. The predicted molar refractivity (Wildman–Crippen MR) is 112 cm³/mol. The molecule has 2 atom stereocenters. The second-order valence-corrected chi connectivity index (χ2v) is 8.46. The molecular formula is C21H21N5O3S. The number of benzene rings is 1. The maximum absolute atomic E-state index is 12.8. The summed E-state index contributed by atoms with van der Waals surface area (Å²) in [5, 5.41) is 15.1. The fourth-order valence-electron chi connectivity index (χ4n) is 4.29. The molecule has 1 aromatic carbocycles. The number of aromatic nitrogens is 3. The molecule has 0 bridgehead atoms. The summed E-state index contributed by atoms with van der Waals surface area (Å²) >= 11 is 1.53. The standard InChI is InChI=1S/C21H21N5O3S/c1-29-17-4-2-16(3-5-17)22-20(27)19-24-23-18-8-14-9-25(10-15(14)11-26(18)19)21(28)13-6-7-30-12-13/h2-7,12,14-15H,8-11H2,1H3,(H,22,27)/t14-,15-/m1/s1. The van der Waals surface area contributed by atoms with Gasteiger partial charge in [-0.25, -0.2) is 0 Å². The number of nitrogens with zero attached hydrogens (tertiary/aromatic N) is 4. The van der Waals surface area contributed by atoms with Crippen LogP contribution in [0.1, 0.15) is 26.8 Å². The van der Waals surface area contributed by atoms with Crippen LogP contribution in [0.25, 0.3) is 0 Å². The van der Waals surface area contributed by atoms with Crippen molar-refractivity contribution >= 4 is 28.8 Å². The van der Waals surface area contributed by atoms with Gasteiger partial charge in [0.05, 0.1) is 12.7 Å². The van der Waals surface area contributed by atoms with Crippen molar-refractivity contribution in [2.45, 2.75) is 13.0 Å². The van der Waals surface area contributed by atoms with Gasteiger partial charge in [0, 0.05) is 37.1 Å². The van der Waals surface area contributed by atoms with Crippen molar-refractivity contribution in [2.24, 2.45) is 11.8 Å². The van der Waals surface area contributed by atoms with E-state index in [2.05, 4.69) is 15.5 Å². The molecule has 2 amide bonds. The first kappa shape index (κ1) is 18.8. The topological polar surface area (TPSA) is 89.3 Å². The summed E-state index contributed by atoms with van der Waals surface area (Å²) in [5.74, 6) is 2.27. The van der Waals surface area contributed by atoms with Crippen molar-refractivity contribution in [2.75, 3.05) is 25.5 Å². The van der Waals surface area contributed by atoms with Crippen molar-refractivity contribution in [1.29, 1.82) is 0 Å². The summed E-state index contributed by atoms with van der Waals surface area (Å²) in [6.45, 7) is 2.06. The number of ether oxygens (including phenoxy) is 1. The smallest absolute Gasteiger partial charge is 0.293 e. The number of amides is 2. The van der Waals surface area contributed by atoms with Crippen LogP contribution in [-0.2, 0) is 13.0 Å². The summed E-state index contributed by atoms with van der Waals surface area (Å²) in [6.07, 6.45) is 0.723. The molecule has 3 aromatic rings. The van der Waals surface area contributed by atoms with Crippen LogP contribution < -0.4 is 10.1 Å². The lowest BCUT2D eigenvalue weighted by Crippen LogP contribution is -2.31. The molecule has 1 N–H and O–H groups in total. The molecule has 0 unspecified atom stereocenters. The first-order chi connectivity index (χ1) is 14.6. The molecular weight excluding hydrogens is 402 g/mol. The van der Waals surface area contributed by atoms with Crippen LogP contribution in [0.15, 0.2) is 41.1 Å². The van der Waals surface area contributed by atoms with Gasteiger partial charge in [-0.1, -0.05) is 0 Å². The Morgan fingerprint density at radius 3 is 2.63 bits per heavy atom. The summed E-state index contributed by atoms with van der Waals surface area (Å²) < 4.78 is 7.04. The van der Waals surface area contributed by atoms with Crippen LogP contribution in [-0.4, -0.2) is 51.7 Å². The second-order valence-electron chi connectivity index (χ2n) is 7.68.